The highest BCUT2D eigenvalue weighted by molar-refractivity contribution is 5.49. The Morgan fingerprint density at radius 1 is 1.00 bits per heavy atom. The van der Waals surface area contributed by atoms with Gasteiger partial charge in [-0.25, -0.2) is 8.78 Å². The second-order valence-corrected chi connectivity index (χ2v) is 4.01. The molecule has 0 spiro atoms. The van der Waals surface area contributed by atoms with Crippen molar-refractivity contribution in [1.82, 2.24) is 5.32 Å². The standard InChI is InChI=1S/C12H16F2N2/c13-10-4-1-5-11(14)12(10)16-8-2-6-15-7-3-9-16/h1,4-5,15H,2-3,6-9H2. The molecule has 0 unspecified atom stereocenters. The molecule has 1 fully saturated rings. The van der Waals surface area contributed by atoms with Gasteiger partial charge in [0.1, 0.15) is 17.3 Å². The van der Waals surface area contributed by atoms with Crippen LogP contribution in [0.2, 0.25) is 0 Å². The summed E-state index contributed by atoms with van der Waals surface area (Å²) in [6.45, 7) is 3.22. The van der Waals surface area contributed by atoms with Gasteiger partial charge in [0, 0.05) is 13.1 Å². The monoisotopic (exact) mass is 226 g/mol. The van der Waals surface area contributed by atoms with Gasteiger partial charge in [0.2, 0.25) is 0 Å². The molecule has 0 amide bonds. The summed E-state index contributed by atoms with van der Waals surface area (Å²) in [6.07, 6.45) is 1.82. The van der Waals surface area contributed by atoms with E-state index in [9.17, 15) is 8.78 Å². The second kappa shape index (κ2) is 5.25. The van der Waals surface area contributed by atoms with Crippen LogP contribution in [0, 0.1) is 11.6 Å². The molecule has 0 aliphatic carbocycles. The topological polar surface area (TPSA) is 15.3 Å². The third-order valence-corrected chi connectivity index (χ3v) is 2.82. The van der Waals surface area contributed by atoms with Crippen molar-refractivity contribution in [3.63, 3.8) is 0 Å². The second-order valence-electron chi connectivity index (χ2n) is 4.01. The number of para-hydroxylation sites is 1. The van der Waals surface area contributed by atoms with E-state index in [0.717, 1.165) is 25.9 Å². The van der Waals surface area contributed by atoms with Crippen LogP contribution >= 0.6 is 0 Å². The summed E-state index contributed by atoms with van der Waals surface area (Å²) in [5.41, 5.74) is 0.129. The summed E-state index contributed by atoms with van der Waals surface area (Å²) in [7, 11) is 0. The Bertz CT molecular complexity index is 327. The van der Waals surface area contributed by atoms with Crippen LogP contribution in [0.3, 0.4) is 0 Å². The highest BCUT2D eigenvalue weighted by Crippen LogP contribution is 2.23. The predicted octanol–water partition coefficient (Wildman–Crippen LogP) is 2.15. The van der Waals surface area contributed by atoms with E-state index in [4.69, 9.17) is 0 Å². The number of rotatable bonds is 1. The highest BCUT2D eigenvalue weighted by Gasteiger charge is 2.16. The lowest BCUT2D eigenvalue weighted by molar-refractivity contribution is 0.533. The first kappa shape index (κ1) is 11.3. The Balaban J connectivity index is 2.20. The average molecular weight is 226 g/mol. The number of anilines is 1. The molecule has 1 aromatic carbocycles. The maximum Gasteiger partial charge on any atom is 0.149 e. The zero-order chi connectivity index (χ0) is 11.4. The van der Waals surface area contributed by atoms with Crippen molar-refractivity contribution in [1.29, 1.82) is 0 Å². The molecule has 1 heterocycles. The maximum atomic E-state index is 13.6. The first-order chi connectivity index (χ1) is 7.79. The number of hydrogen-bond acceptors (Lipinski definition) is 2. The summed E-state index contributed by atoms with van der Waals surface area (Å²) >= 11 is 0. The van der Waals surface area contributed by atoms with E-state index in [0.29, 0.717) is 13.1 Å². The molecule has 0 bridgehead atoms. The van der Waals surface area contributed by atoms with Crippen molar-refractivity contribution in [3.8, 4) is 0 Å². The lowest BCUT2D eigenvalue weighted by Crippen LogP contribution is -2.34. The number of benzene rings is 1. The number of nitrogens with zero attached hydrogens (tertiary/aromatic N) is 1. The van der Waals surface area contributed by atoms with E-state index in [2.05, 4.69) is 5.32 Å². The molecule has 1 N–H and O–H groups in total. The molecular formula is C12H16F2N2. The van der Waals surface area contributed by atoms with Crippen molar-refractivity contribution in [2.75, 3.05) is 31.1 Å². The third-order valence-electron chi connectivity index (χ3n) is 2.82. The van der Waals surface area contributed by atoms with Gasteiger partial charge in [-0.3, -0.25) is 0 Å². The van der Waals surface area contributed by atoms with Crippen molar-refractivity contribution < 1.29 is 8.78 Å². The highest BCUT2D eigenvalue weighted by atomic mass is 19.1. The fraction of sp³-hybridized carbons (Fsp3) is 0.500. The number of hydrogen-bond donors (Lipinski definition) is 1. The Kier molecular flexibility index (Phi) is 3.72. The van der Waals surface area contributed by atoms with Crippen molar-refractivity contribution >= 4 is 5.69 Å². The molecule has 4 heteroatoms. The van der Waals surface area contributed by atoms with Crippen LogP contribution in [-0.4, -0.2) is 26.2 Å². The zero-order valence-electron chi connectivity index (χ0n) is 9.18. The van der Waals surface area contributed by atoms with Crippen molar-refractivity contribution in [3.05, 3.63) is 29.8 Å². The smallest absolute Gasteiger partial charge is 0.149 e. The summed E-state index contributed by atoms with van der Waals surface area (Å²) in [5, 5.41) is 3.27. The van der Waals surface area contributed by atoms with Crippen LogP contribution in [0.1, 0.15) is 12.8 Å². The normalized spacial score (nSPS) is 18.0. The first-order valence-electron chi connectivity index (χ1n) is 5.69. The average Bonchev–Trinajstić information content (AvgIpc) is 2.20. The lowest BCUT2D eigenvalue weighted by atomic mass is 10.2. The fourth-order valence-electron chi connectivity index (χ4n) is 2.04. The molecule has 1 aromatic rings. The predicted molar refractivity (Wildman–Crippen MR) is 60.7 cm³/mol. The van der Waals surface area contributed by atoms with Crippen LogP contribution in [0.4, 0.5) is 14.5 Å². The van der Waals surface area contributed by atoms with Gasteiger partial charge in [0.15, 0.2) is 0 Å². The third kappa shape index (κ3) is 2.50. The minimum atomic E-state index is -0.464. The molecular weight excluding hydrogens is 210 g/mol. The summed E-state index contributed by atoms with van der Waals surface area (Å²) in [6, 6.07) is 4.03. The van der Waals surface area contributed by atoms with Gasteiger partial charge in [-0.15, -0.1) is 0 Å². The van der Waals surface area contributed by atoms with Crippen LogP contribution in [0.15, 0.2) is 18.2 Å². The SMILES string of the molecule is Fc1cccc(F)c1N1CCCNCCC1. The Hall–Kier alpha value is -1.16. The van der Waals surface area contributed by atoms with Gasteiger partial charge in [-0.2, -0.15) is 0 Å². The Morgan fingerprint density at radius 2 is 1.56 bits per heavy atom. The van der Waals surface area contributed by atoms with E-state index >= 15 is 0 Å². The van der Waals surface area contributed by atoms with Gasteiger partial charge < -0.3 is 10.2 Å². The molecule has 0 saturated carbocycles. The molecule has 1 aliphatic heterocycles. The molecule has 0 atom stereocenters. The van der Waals surface area contributed by atoms with Crippen LogP contribution < -0.4 is 10.2 Å². The maximum absolute atomic E-state index is 13.6. The fourth-order valence-corrected chi connectivity index (χ4v) is 2.04. The van der Waals surface area contributed by atoms with Crippen molar-refractivity contribution in [2.24, 2.45) is 0 Å². The van der Waals surface area contributed by atoms with Crippen LogP contribution in [-0.2, 0) is 0 Å². The molecule has 2 rings (SSSR count). The molecule has 1 aliphatic rings. The molecule has 16 heavy (non-hydrogen) atoms. The summed E-state index contributed by atoms with van der Waals surface area (Å²) in [4.78, 5) is 1.81. The zero-order valence-corrected chi connectivity index (χ0v) is 9.18. The quantitative estimate of drug-likeness (QED) is 0.789. The van der Waals surface area contributed by atoms with Gasteiger partial charge in [-0.1, -0.05) is 6.07 Å². The minimum Gasteiger partial charge on any atom is -0.367 e. The number of halogens is 2. The van der Waals surface area contributed by atoms with Crippen molar-refractivity contribution in [2.45, 2.75) is 12.8 Å². The Morgan fingerprint density at radius 3 is 2.12 bits per heavy atom. The molecule has 88 valence electrons. The molecule has 2 nitrogen and oxygen atoms in total. The van der Waals surface area contributed by atoms with E-state index in [1.807, 2.05) is 4.90 Å². The lowest BCUT2D eigenvalue weighted by Gasteiger charge is -2.27. The van der Waals surface area contributed by atoms with Crippen LogP contribution in [0.5, 0.6) is 0 Å². The summed E-state index contributed by atoms with van der Waals surface area (Å²) in [5.74, 6) is -0.929. The van der Waals surface area contributed by atoms with Gasteiger partial charge in [-0.05, 0) is 38.1 Å². The van der Waals surface area contributed by atoms with Crippen LogP contribution in [0.25, 0.3) is 0 Å². The number of nitrogens with one attached hydrogen (secondary N) is 1. The van der Waals surface area contributed by atoms with Gasteiger partial charge in [0.05, 0.1) is 0 Å². The molecule has 1 saturated heterocycles. The van der Waals surface area contributed by atoms with Gasteiger partial charge in [0.25, 0.3) is 0 Å². The largest absolute Gasteiger partial charge is 0.367 e. The minimum absolute atomic E-state index is 0.129. The van der Waals surface area contributed by atoms with Gasteiger partial charge >= 0.3 is 0 Å². The van der Waals surface area contributed by atoms with E-state index in [-0.39, 0.29) is 5.69 Å². The summed E-state index contributed by atoms with van der Waals surface area (Å²) < 4.78 is 27.1. The van der Waals surface area contributed by atoms with E-state index in [1.54, 1.807) is 0 Å². The van der Waals surface area contributed by atoms with E-state index in [1.165, 1.54) is 18.2 Å². The Labute approximate surface area is 94.3 Å². The first-order valence-corrected chi connectivity index (χ1v) is 5.69. The van der Waals surface area contributed by atoms with E-state index < -0.39 is 11.6 Å². The molecule has 0 aromatic heterocycles. The molecule has 0 radical (unpaired) electrons.